The van der Waals surface area contributed by atoms with Crippen LogP contribution in [0.2, 0.25) is 0 Å². The summed E-state index contributed by atoms with van der Waals surface area (Å²) in [6.07, 6.45) is 3.47. The van der Waals surface area contributed by atoms with Crippen molar-refractivity contribution in [3.05, 3.63) is 54.0 Å². The maximum atomic E-state index is 5.75. The van der Waals surface area contributed by atoms with Gasteiger partial charge in [-0.25, -0.2) is 0 Å². The molecule has 2 aromatic rings. The second-order valence-corrected chi connectivity index (χ2v) is 6.71. The summed E-state index contributed by atoms with van der Waals surface area (Å²) in [5.41, 5.74) is 1.19. The van der Waals surface area contributed by atoms with Gasteiger partial charge in [0.15, 0.2) is 5.96 Å². The van der Waals surface area contributed by atoms with Crippen molar-refractivity contribution in [2.75, 3.05) is 19.7 Å². The van der Waals surface area contributed by atoms with Gasteiger partial charge in [-0.15, -0.1) is 0 Å². The molecule has 1 unspecified atom stereocenters. The molecule has 1 aromatic heterocycles. The van der Waals surface area contributed by atoms with Crippen molar-refractivity contribution < 1.29 is 9.15 Å². The van der Waals surface area contributed by atoms with Gasteiger partial charge in [-0.1, -0.05) is 32.0 Å². The molecule has 5 heteroatoms. The largest absolute Gasteiger partial charge is 0.493 e. The number of guanidine groups is 1. The van der Waals surface area contributed by atoms with E-state index in [1.54, 1.807) is 6.26 Å². The molecule has 0 bridgehead atoms. The van der Waals surface area contributed by atoms with Crippen molar-refractivity contribution in [2.24, 2.45) is 10.9 Å². The molecular formula is C20H27N3O2. The van der Waals surface area contributed by atoms with E-state index in [9.17, 15) is 0 Å². The number of rotatable bonds is 6. The summed E-state index contributed by atoms with van der Waals surface area (Å²) in [5.74, 6) is 3.31. The van der Waals surface area contributed by atoms with E-state index in [4.69, 9.17) is 14.1 Å². The van der Waals surface area contributed by atoms with E-state index < -0.39 is 0 Å². The minimum absolute atomic E-state index is 0.215. The highest BCUT2D eigenvalue weighted by Crippen LogP contribution is 2.31. The second-order valence-electron chi connectivity index (χ2n) is 6.71. The van der Waals surface area contributed by atoms with Gasteiger partial charge in [0.1, 0.15) is 11.5 Å². The molecule has 0 saturated carbocycles. The van der Waals surface area contributed by atoms with Gasteiger partial charge in [0, 0.05) is 31.5 Å². The van der Waals surface area contributed by atoms with Crippen LogP contribution in [0, 0.1) is 5.92 Å². The van der Waals surface area contributed by atoms with Crippen LogP contribution in [0.25, 0.3) is 0 Å². The van der Waals surface area contributed by atoms with Gasteiger partial charge >= 0.3 is 0 Å². The third-order valence-electron chi connectivity index (χ3n) is 4.13. The monoisotopic (exact) mass is 341 g/mol. The summed E-state index contributed by atoms with van der Waals surface area (Å²) in [5, 5.41) is 7.01. The highest BCUT2D eigenvalue weighted by atomic mass is 16.5. The van der Waals surface area contributed by atoms with Gasteiger partial charge in [0.2, 0.25) is 0 Å². The lowest BCUT2D eigenvalue weighted by Crippen LogP contribution is -2.42. The fourth-order valence-corrected chi connectivity index (χ4v) is 2.84. The lowest BCUT2D eigenvalue weighted by Gasteiger charge is -2.28. The predicted octanol–water partition coefficient (Wildman–Crippen LogP) is 3.54. The van der Waals surface area contributed by atoms with Crippen LogP contribution in [0.4, 0.5) is 0 Å². The first kappa shape index (κ1) is 17.4. The fourth-order valence-electron chi connectivity index (χ4n) is 2.84. The van der Waals surface area contributed by atoms with Crippen molar-refractivity contribution in [2.45, 2.75) is 32.7 Å². The van der Waals surface area contributed by atoms with Gasteiger partial charge in [0.05, 0.1) is 18.9 Å². The van der Waals surface area contributed by atoms with Crippen LogP contribution in [0.3, 0.4) is 0 Å². The van der Waals surface area contributed by atoms with Crippen LogP contribution in [0.1, 0.15) is 37.6 Å². The van der Waals surface area contributed by atoms with Gasteiger partial charge < -0.3 is 19.8 Å². The summed E-state index contributed by atoms with van der Waals surface area (Å²) in [4.78, 5) is 4.73. The molecule has 25 heavy (non-hydrogen) atoms. The number of nitrogens with zero attached hydrogens (tertiary/aromatic N) is 1. The minimum atomic E-state index is 0.215. The number of benzene rings is 1. The van der Waals surface area contributed by atoms with E-state index in [0.29, 0.717) is 5.92 Å². The Kier molecular flexibility index (Phi) is 5.99. The predicted molar refractivity (Wildman–Crippen MR) is 100.0 cm³/mol. The average molecular weight is 341 g/mol. The van der Waals surface area contributed by atoms with Gasteiger partial charge in [-0.05, 0) is 24.1 Å². The van der Waals surface area contributed by atoms with Gasteiger partial charge in [-0.2, -0.15) is 0 Å². The Hall–Kier alpha value is -2.43. The van der Waals surface area contributed by atoms with Crippen LogP contribution in [-0.4, -0.2) is 25.7 Å². The maximum Gasteiger partial charge on any atom is 0.191 e. The molecule has 0 radical (unpaired) electrons. The van der Waals surface area contributed by atoms with E-state index in [1.165, 1.54) is 5.56 Å². The lowest BCUT2D eigenvalue weighted by atomic mass is 10.0. The molecule has 1 aliphatic heterocycles. The van der Waals surface area contributed by atoms with E-state index in [0.717, 1.165) is 50.0 Å². The summed E-state index contributed by atoms with van der Waals surface area (Å²) in [6, 6.07) is 12.3. The van der Waals surface area contributed by atoms with Crippen LogP contribution < -0.4 is 15.4 Å². The Balaban J connectivity index is 1.64. The molecule has 5 nitrogen and oxygen atoms in total. The van der Waals surface area contributed by atoms with Crippen molar-refractivity contribution in [1.82, 2.24) is 10.6 Å². The molecule has 1 atom stereocenters. The Morgan fingerprint density at radius 1 is 1.24 bits per heavy atom. The molecule has 3 rings (SSSR count). The molecule has 0 aliphatic carbocycles. The summed E-state index contributed by atoms with van der Waals surface area (Å²) in [7, 11) is 0. The van der Waals surface area contributed by atoms with Gasteiger partial charge in [0.25, 0.3) is 0 Å². The summed E-state index contributed by atoms with van der Waals surface area (Å²) >= 11 is 0. The quantitative estimate of drug-likeness (QED) is 0.623. The van der Waals surface area contributed by atoms with E-state index in [1.807, 2.05) is 24.3 Å². The van der Waals surface area contributed by atoms with E-state index in [-0.39, 0.29) is 6.04 Å². The number of fused-ring (bicyclic) bond motifs is 1. The fraction of sp³-hybridized carbons (Fsp3) is 0.450. The molecule has 1 aromatic carbocycles. The SMILES string of the molecule is CC(C)CN=C(NCCc1ccco1)NC1CCOc2ccccc21. The van der Waals surface area contributed by atoms with Crippen molar-refractivity contribution in [3.8, 4) is 5.75 Å². The van der Waals surface area contributed by atoms with E-state index >= 15 is 0 Å². The zero-order valence-corrected chi connectivity index (χ0v) is 15.0. The first-order valence-electron chi connectivity index (χ1n) is 9.01. The zero-order chi connectivity index (χ0) is 17.5. The molecule has 0 saturated heterocycles. The standard InChI is InChI=1S/C20H27N3O2/c1-15(2)14-22-20(21-11-9-16-6-5-12-24-16)23-18-10-13-25-19-8-4-3-7-17(18)19/h3-8,12,15,18H,9-11,13-14H2,1-2H3,(H2,21,22,23). The number of hydrogen-bond donors (Lipinski definition) is 2. The molecule has 1 aliphatic rings. The van der Waals surface area contributed by atoms with Crippen LogP contribution in [0.5, 0.6) is 5.75 Å². The Labute approximate surface area is 149 Å². The number of aliphatic imine (C=N–C) groups is 1. The number of nitrogens with one attached hydrogen (secondary N) is 2. The van der Waals surface area contributed by atoms with Crippen LogP contribution in [-0.2, 0) is 6.42 Å². The van der Waals surface area contributed by atoms with Crippen LogP contribution >= 0.6 is 0 Å². The van der Waals surface area contributed by atoms with Crippen molar-refractivity contribution >= 4 is 5.96 Å². The molecule has 2 heterocycles. The lowest BCUT2D eigenvalue weighted by molar-refractivity contribution is 0.261. The average Bonchev–Trinajstić information content (AvgIpc) is 3.13. The highest BCUT2D eigenvalue weighted by Gasteiger charge is 2.21. The van der Waals surface area contributed by atoms with Gasteiger partial charge in [-0.3, -0.25) is 4.99 Å². The molecule has 0 amide bonds. The normalized spacial score (nSPS) is 17.1. The molecule has 134 valence electrons. The minimum Gasteiger partial charge on any atom is -0.493 e. The van der Waals surface area contributed by atoms with E-state index in [2.05, 4.69) is 36.6 Å². The van der Waals surface area contributed by atoms with Crippen LogP contribution in [0.15, 0.2) is 52.1 Å². The first-order chi connectivity index (χ1) is 12.2. The zero-order valence-electron chi connectivity index (χ0n) is 15.0. The first-order valence-corrected chi connectivity index (χ1v) is 9.01. The molecular weight excluding hydrogens is 314 g/mol. The summed E-state index contributed by atoms with van der Waals surface area (Å²) in [6.45, 7) is 6.64. The number of furan rings is 1. The number of para-hydroxylation sites is 1. The number of ether oxygens (including phenoxy) is 1. The molecule has 0 fully saturated rings. The van der Waals surface area contributed by atoms with Crippen molar-refractivity contribution in [3.63, 3.8) is 0 Å². The molecule has 0 spiro atoms. The third kappa shape index (κ3) is 5.02. The Bertz CT molecular complexity index is 680. The Morgan fingerprint density at radius 3 is 2.92 bits per heavy atom. The van der Waals surface area contributed by atoms with Crippen molar-refractivity contribution in [1.29, 1.82) is 0 Å². The number of hydrogen-bond acceptors (Lipinski definition) is 3. The smallest absolute Gasteiger partial charge is 0.191 e. The second kappa shape index (κ2) is 8.60. The highest BCUT2D eigenvalue weighted by molar-refractivity contribution is 5.80. The Morgan fingerprint density at radius 2 is 2.12 bits per heavy atom. The topological polar surface area (TPSA) is 58.8 Å². The molecule has 2 N–H and O–H groups in total. The maximum absolute atomic E-state index is 5.75. The summed E-state index contributed by atoms with van der Waals surface area (Å²) < 4.78 is 11.1. The third-order valence-corrected chi connectivity index (χ3v) is 4.13.